The average Bonchev–Trinajstić information content (AvgIpc) is 2.68. The van der Waals surface area contributed by atoms with Crippen molar-refractivity contribution < 1.29 is 9.59 Å². The van der Waals surface area contributed by atoms with Crippen molar-refractivity contribution >= 4 is 41.8 Å². The predicted molar refractivity (Wildman–Crippen MR) is 128 cm³/mol. The van der Waals surface area contributed by atoms with Gasteiger partial charge in [-0.2, -0.15) is 0 Å². The van der Waals surface area contributed by atoms with Gasteiger partial charge in [0.25, 0.3) is 0 Å². The molecule has 1 saturated heterocycles. The Morgan fingerprint density at radius 3 is 2.31 bits per heavy atom. The van der Waals surface area contributed by atoms with Crippen molar-refractivity contribution in [3.8, 4) is 0 Å². The van der Waals surface area contributed by atoms with Crippen molar-refractivity contribution in [1.82, 2.24) is 25.8 Å². The quantitative estimate of drug-likeness (QED) is 0.276. The Labute approximate surface area is 192 Å². The molecule has 0 spiro atoms. The molecular formula is C20H39IN6O2. The van der Waals surface area contributed by atoms with Crippen molar-refractivity contribution in [2.75, 3.05) is 47.3 Å². The van der Waals surface area contributed by atoms with Gasteiger partial charge >= 0.3 is 0 Å². The van der Waals surface area contributed by atoms with Crippen LogP contribution in [0.5, 0.6) is 0 Å². The van der Waals surface area contributed by atoms with Gasteiger partial charge < -0.3 is 20.9 Å². The maximum atomic E-state index is 12.0. The summed E-state index contributed by atoms with van der Waals surface area (Å²) >= 11 is 0. The minimum absolute atomic E-state index is 0. The molecule has 2 atom stereocenters. The number of nitrogens with one attached hydrogen (secondary N) is 3. The van der Waals surface area contributed by atoms with E-state index >= 15 is 0 Å². The van der Waals surface area contributed by atoms with E-state index in [1.54, 1.807) is 26.0 Å². The monoisotopic (exact) mass is 522 g/mol. The van der Waals surface area contributed by atoms with E-state index < -0.39 is 0 Å². The number of carbonyl (C=O) groups is 2. The van der Waals surface area contributed by atoms with Gasteiger partial charge in [-0.1, -0.05) is 19.8 Å². The second-order valence-electron chi connectivity index (χ2n) is 8.33. The summed E-state index contributed by atoms with van der Waals surface area (Å²) < 4.78 is 0. The number of nitrogens with zero attached hydrogens (tertiary/aromatic N) is 3. The smallest absolute Gasteiger partial charge is 0.243 e. The van der Waals surface area contributed by atoms with E-state index in [-0.39, 0.29) is 42.3 Å². The van der Waals surface area contributed by atoms with Crippen molar-refractivity contribution in [3.05, 3.63) is 0 Å². The molecule has 0 bridgehead atoms. The zero-order chi connectivity index (χ0) is 20.5. The van der Waals surface area contributed by atoms with Crippen LogP contribution in [0.1, 0.15) is 45.4 Å². The number of hydrogen-bond acceptors (Lipinski definition) is 4. The van der Waals surface area contributed by atoms with Crippen LogP contribution in [0.15, 0.2) is 4.99 Å². The maximum absolute atomic E-state index is 12.0. The zero-order valence-corrected chi connectivity index (χ0v) is 20.7. The first-order valence-corrected chi connectivity index (χ1v) is 10.6. The summed E-state index contributed by atoms with van der Waals surface area (Å²) in [5, 5.41) is 9.82. The van der Waals surface area contributed by atoms with Gasteiger partial charge in [0.15, 0.2) is 5.96 Å². The predicted octanol–water partition coefficient (Wildman–Crippen LogP) is 1.02. The lowest BCUT2D eigenvalue weighted by Gasteiger charge is -2.35. The highest BCUT2D eigenvalue weighted by atomic mass is 127. The molecule has 2 fully saturated rings. The fourth-order valence-corrected chi connectivity index (χ4v) is 3.84. The summed E-state index contributed by atoms with van der Waals surface area (Å²) in [6.07, 6.45) is 6.83. The molecule has 2 aliphatic rings. The van der Waals surface area contributed by atoms with E-state index in [0.717, 1.165) is 38.3 Å². The summed E-state index contributed by atoms with van der Waals surface area (Å²) in [6, 6.07) is 0.711. The van der Waals surface area contributed by atoms with Crippen LogP contribution >= 0.6 is 24.0 Å². The zero-order valence-electron chi connectivity index (χ0n) is 18.4. The van der Waals surface area contributed by atoms with Crippen molar-refractivity contribution in [1.29, 1.82) is 0 Å². The van der Waals surface area contributed by atoms with Gasteiger partial charge in [0.05, 0.1) is 6.54 Å². The Kier molecular flexibility index (Phi) is 11.9. The van der Waals surface area contributed by atoms with Crippen molar-refractivity contribution in [3.63, 3.8) is 0 Å². The second-order valence-corrected chi connectivity index (χ2v) is 8.33. The number of likely N-dealkylation sites (tertiary alicyclic amines) is 1. The second kappa shape index (κ2) is 13.3. The van der Waals surface area contributed by atoms with Gasteiger partial charge in [0, 0.05) is 46.3 Å². The van der Waals surface area contributed by atoms with Gasteiger partial charge in [-0.15, -0.1) is 24.0 Å². The fourth-order valence-electron chi connectivity index (χ4n) is 3.84. The summed E-state index contributed by atoms with van der Waals surface area (Å²) in [4.78, 5) is 31.9. The highest BCUT2D eigenvalue weighted by Gasteiger charge is 2.25. The molecule has 29 heavy (non-hydrogen) atoms. The van der Waals surface area contributed by atoms with Crippen molar-refractivity contribution in [2.45, 2.75) is 57.5 Å². The van der Waals surface area contributed by atoms with E-state index in [9.17, 15) is 9.59 Å². The first kappa shape index (κ1) is 25.9. The lowest BCUT2D eigenvalue weighted by Crippen LogP contribution is -2.53. The van der Waals surface area contributed by atoms with Crippen LogP contribution < -0.4 is 16.0 Å². The Bertz CT molecular complexity index is 549. The van der Waals surface area contributed by atoms with Gasteiger partial charge in [-0.3, -0.25) is 14.5 Å². The molecule has 0 radical (unpaired) electrons. The van der Waals surface area contributed by atoms with E-state index in [1.165, 1.54) is 19.3 Å². The highest BCUT2D eigenvalue weighted by molar-refractivity contribution is 14.0. The average molecular weight is 522 g/mol. The standard InChI is InChI=1S/C20H38N6O2.HI/c1-15-7-5-6-8-17(15)24-20(22-13-19(28)25(3)4)23-16-9-11-26(12-10-16)14-18(27)21-2;/h15-17H,5-14H2,1-4H3,(H,21,27)(H2,22,23,24);1H. The number of rotatable bonds is 6. The van der Waals surface area contributed by atoms with Crippen LogP contribution in [0.3, 0.4) is 0 Å². The molecule has 3 N–H and O–H groups in total. The van der Waals surface area contributed by atoms with Crippen molar-refractivity contribution in [2.24, 2.45) is 10.9 Å². The molecule has 0 aromatic rings. The van der Waals surface area contributed by atoms with Gasteiger partial charge in [0.1, 0.15) is 6.54 Å². The molecule has 0 aromatic carbocycles. The first-order chi connectivity index (χ1) is 13.4. The summed E-state index contributed by atoms with van der Waals surface area (Å²) in [5.41, 5.74) is 0. The molecule has 0 aromatic heterocycles. The third-order valence-corrected chi connectivity index (χ3v) is 5.88. The number of guanidine groups is 1. The van der Waals surface area contributed by atoms with Crippen LogP contribution in [-0.2, 0) is 9.59 Å². The normalized spacial score (nSPS) is 23.7. The number of halogens is 1. The van der Waals surface area contributed by atoms with Gasteiger partial charge in [0.2, 0.25) is 11.8 Å². The van der Waals surface area contributed by atoms with E-state index in [1.807, 2.05) is 0 Å². The van der Waals surface area contributed by atoms with Gasteiger partial charge in [-0.05, 0) is 31.6 Å². The van der Waals surface area contributed by atoms with Crippen LogP contribution in [-0.4, -0.2) is 87.0 Å². The Morgan fingerprint density at radius 1 is 1.07 bits per heavy atom. The highest BCUT2D eigenvalue weighted by Crippen LogP contribution is 2.23. The molecule has 1 aliphatic heterocycles. The molecule has 2 unspecified atom stereocenters. The Morgan fingerprint density at radius 2 is 1.72 bits per heavy atom. The summed E-state index contributed by atoms with van der Waals surface area (Å²) in [6.45, 7) is 4.67. The van der Waals surface area contributed by atoms with E-state index in [4.69, 9.17) is 0 Å². The van der Waals surface area contributed by atoms with Crippen LogP contribution in [0.25, 0.3) is 0 Å². The van der Waals surface area contributed by atoms with E-state index in [2.05, 4.69) is 32.8 Å². The Hall–Kier alpha value is -1.10. The number of piperidine rings is 1. The van der Waals surface area contributed by atoms with E-state index in [0.29, 0.717) is 24.5 Å². The van der Waals surface area contributed by atoms with Crippen LogP contribution in [0, 0.1) is 5.92 Å². The molecule has 9 heteroatoms. The molecule has 1 aliphatic carbocycles. The molecule has 1 saturated carbocycles. The lowest BCUT2D eigenvalue weighted by atomic mass is 9.86. The Balaban J connectivity index is 0.00000420. The third kappa shape index (κ3) is 9.06. The maximum Gasteiger partial charge on any atom is 0.243 e. The number of hydrogen-bond donors (Lipinski definition) is 3. The summed E-state index contributed by atoms with van der Waals surface area (Å²) in [7, 11) is 5.18. The first-order valence-electron chi connectivity index (χ1n) is 10.6. The largest absolute Gasteiger partial charge is 0.358 e. The SMILES string of the molecule is CNC(=O)CN1CCC(NC(=NCC(=O)N(C)C)NC2CCCCC2C)CC1.I. The minimum atomic E-state index is -0.00168. The number of aliphatic imine (C=N–C) groups is 1. The molecule has 168 valence electrons. The fraction of sp³-hybridized carbons (Fsp3) is 0.850. The molecule has 2 rings (SSSR count). The number of carbonyl (C=O) groups excluding carboxylic acids is 2. The molecule has 8 nitrogen and oxygen atoms in total. The van der Waals surface area contributed by atoms with Crippen LogP contribution in [0.2, 0.25) is 0 Å². The van der Waals surface area contributed by atoms with Crippen LogP contribution in [0.4, 0.5) is 0 Å². The number of likely N-dealkylation sites (N-methyl/N-ethyl adjacent to an activating group) is 2. The number of amides is 2. The molecule has 1 heterocycles. The summed E-state index contributed by atoms with van der Waals surface area (Å²) in [5.74, 6) is 1.42. The minimum Gasteiger partial charge on any atom is -0.358 e. The topological polar surface area (TPSA) is 89.1 Å². The molecule has 2 amide bonds. The lowest BCUT2D eigenvalue weighted by molar-refractivity contribution is -0.127. The van der Waals surface area contributed by atoms with Gasteiger partial charge in [-0.25, -0.2) is 4.99 Å². The third-order valence-electron chi connectivity index (χ3n) is 5.88. The molecular weight excluding hydrogens is 483 g/mol.